The summed E-state index contributed by atoms with van der Waals surface area (Å²) in [4.78, 5) is 19.4. The SMILES string of the molecule is NC(=O)c1csc(N2CCN(Cc3cn[nH]n3)CC(O)C2)n1. The van der Waals surface area contributed by atoms with Crippen LogP contribution in [0.2, 0.25) is 0 Å². The maximum Gasteiger partial charge on any atom is 0.268 e. The molecule has 1 aliphatic heterocycles. The summed E-state index contributed by atoms with van der Waals surface area (Å²) in [7, 11) is 0. The molecule has 9 nitrogen and oxygen atoms in total. The van der Waals surface area contributed by atoms with Crippen LogP contribution in [0.25, 0.3) is 0 Å². The Morgan fingerprint density at radius 2 is 2.36 bits per heavy atom. The van der Waals surface area contributed by atoms with Crippen molar-refractivity contribution in [1.29, 1.82) is 0 Å². The van der Waals surface area contributed by atoms with Crippen LogP contribution >= 0.6 is 11.3 Å². The number of β-amino-alcohol motifs (C(OH)–C–C–N with tert-alkyl or cyclic N) is 1. The number of primary amides is 1. The van der Waals surface area contributed by atoms with E-state index in [2.05, 4.69) is 25.3 Å². The van der Waals surface area contributed by atoms with E-state index in [9.17, 15) is 9.90 Å². The van der Waals surface area contributed by atoms with E-state index in [4.69, 9.17) is 5.73 Å². The van der Waals surface area contributed by atoms with Gasteiger partial charge in [0, 0.05) is 38.1 Å². The Hall–Kier alpha value is -2.04. The number of aromatic amines is 1. The van der Waals surface area contributed by atoms with Crippen LogP contribution in [0.3, 0.4) is 0 Å². The number of nitrogens with two attached hydrogens (primary N) is 1. The molecule has 10 heteroatoms. The lowest BCUT2D eigenvalue weighted by molar-refractivity contribution is 0.0996. The van der Waals surface area contributed by atoms with Crippen LogP contribution in [0.4, 0.5) is 5.13 Å². The minimum atomic E-state index is -0.537. The summed E-state index contributed by atoms with van der Waals surface area (Å²) in [6.45, 7) is 3.13. The Kier molecular flexibility index (Phi) is 4.32. The van der Waals surface area contributed by atoms with Gasteiger partial charge in [0.05, 0.1) is 18.0 Å². The van der Waals surface area contributed by atoms with Gasteiger partial charge < -0.3 is 15.7 Å². The molecule has 2 aromatic rings. The van der Waals surface area contributed by atoms with E-state index in [1.807, 2.05) is 4.90 Å². The number of aliphatic hydroxyl groups is 1. The molecule has 118 valence electrons. The topological polar surface area (TPSA) is 124 Å². The number of aliphatic hydroxyl groups excluding tert-OH is 1. The molecule has 0 bridgehead atoms. The van der Waals surface area contributed by atoms with E-state index in [0.717, 1.165) is 12.2 Å². The molecule has 3 rings (SSSR count). The van der Waals surface area contributed by atoms with Gasteiger partial charge in [-0.1, -0.05) is 0 Å². The molecule has 3 heterocycles. The number of aromatic nitrogens is 4. The summed E-state index contributed by atoms with van der Waals surface area (Å²) in [6.07, 6.45) is 1.17. The highest BCUT2D eigenvalue weighted by atomic mass is 32.1. The number of rotatable bonds is 4. The maximum atomic E-state index is 11.1. The number of amides is 1. The van der Waals surface area contributed by atoms with E-state index < -0.39 is 12.0 Å². The van der Waals surface area contributed by atoms with Crippen molar-refractivity contribution < 1.29 is 9.90 Å². The van der Waals surface area contributed by atoms with Crippen molar-refractivity contribution in [1.82, 2.24) is 25.3 Å². The highest BCUT2D eigenvalue weighted by molar-refractivity contribution is 7.13. The highest BCUT2D eigenvalue weighted by Gasteiger charge is 2.24. The third kappa shape index (κ3) is 3.40. The number of carbonyl (C=O) groups is 1. The van der Waals surface area contributed by atoms with Gasteiger partial charge >= 0.3 is 0 Å². The Morgan fingerprint density at radius 1 is 1.50 bits per heavy atom. The van der Waals surface area contributed by atoms with Crippen LogP contribution in [0.1, 0.15) is 16.2 Å². The summed E-state index contributed by atoms with van der Waals surface area (Å²) >= 11 is 1.36. The van der Waals surface area contributed by atoms with Crippen LogP contribution < -0.4 is 10.6 Å². The van der Waals surface area contributed by atoms with Crippen molar-refractivity contribution in [3.63, 3.8) is 0 Å². The monoisotopic (exact) mass is 323 g/mol. The van der Waals surface area contributed by atoms with Gasteiger partial charge in [-0.05, 0) is 0 Å². The molecule has 1 unspecified atom stereocenters. The molecule has 0 aromatic carbocycles. The summed E-state index contributed by atoms with van der Waals surface area (Å²) in [5.41, 5.74) is 6.33. The zero-order chi connectivity index (χ0) is 15.5. The van der Waals surface area contributed by atoms with Crippen LogP contribution in [0.15, 0.2) is 11.6 Å². The largest absolute Gasteiger partial charge is 0.390 e. The first-order valence-electron chi connectivity index (χ1n) is 6.87. The Labute approximate surface area is 130 Å². The zero-order valence-corrected chi connectivity index (χ0v) is 12.7. The van der Waals surface area contributed by atoms with Gasteiger partial charge in [0.15, 0.2) is 5.13 Å². The molecule has 0 saturated carbocycles. The first-order chi connectivity index (χ1) is 10.6. The fourth-order valence-corrected chi connectivity index (χ4v) is 3.28. The van der Waals surface area contributed by atoms with Crippen LogP contribution in [-0.2, 0) is 6.54 Å². The predicted molar refractivity (Wildman–Crippen MR) is 80.5 cm³/mol. The molecular weight excluding hydrogens is 306 g/mol. The first kappa shape index (κ1) is 14.9. The first-order valence-corrected chi connectivity index (χ1v) is 7.75. The maximum absolute atomic E-state index is 11.1. The molecule has 0 aliphatic carbocycles. The predicted octanol–water partition coefficient (Wildman–Crippen LogP) is -0.957. The molecule has 1 atom stereocenters. The fourth-order valence-electron chi connectivity index (χ4n) is 2.43. The van der Waals surface area contributed by atoms with Gasteiger partial charge in [-0.2, -0.15) is 15.4 Å². The zero-order valence-electron chi connectivity index (χ0n) is 11.8. The molecule has 1 fully saturated rings. The number of hydrogen-bond acceptors (Lipinski definition) is 8. The second-order valence-corrected chi connectivity index (χ2v) is 6.01. The van der Waals surface area contributed by atoms with Crippen LogP contribution in [-0.4, -0.2) is 68.6 Å². The summed E-state index contributed by atoms with van der Waals surface area (Å²) < 4.78 is 0. The second kappa shape index (κ2) is 6.38. The molecule has 1 aliphatic rings. The standard InChI is InChI=1S/C12H17N7O2S/c13-11(21)10-7-22-12(15-10)19-2-1-18(5-9(20)6-19)4-8-3-14-17-16-8/h3,7,9,20H,1-2,4-6H2,(H2,13,21)(H,14,16,17). The van der Waals surface area contributed by atoms with Crippen molar-refractivity contribution in [3.8, 4) is 0 Å². The average molecular weight is 323 g/mol. The summed E-state index contributed by atoms with van der Waals surface area (Å²) in [5, 5.41) is 22.9. The molecule has 22 heavy (non-hydrogen) atoms. The molecule has 0 radical (unpaired) electrons. The van der Waals surface area contributed by atoms with E-state index in [1.54, 1.807) is 11.6 Å². The van der Waals surface area contributed by atoms with Gasteiger partial charge in [-0.15, -0.1) is 11.3 Å². The lowest BCUT2D eigenvalue weighted by Gasteiger charge is -2.20. The minimum Gasteiger partial charge on any atom is -0.390 e. The lowest BCUT2D eigenvalue weighted by atomic mass is 10.3. The van der Waals surface area contributed by atoms with Gasteiger partial charge in [-0.3, -0.25) is 9.69 Å². The van der Waals surface area contributed by atoms with E-state index in [0.29, 0.717) is 31.3 Å². The van der Waals surface area contributed by atoms with Crippen molar-refractivity contribution >= 4 is 22.4 Å². The molecule has 2 aromatic heterocycles. The minimum absolute atomic E-state index is 0.262. The van der Waals surface area contributed by atoms with E-state index in [-0.39, 0.29) is 5.69 Å². The number of H-pyrrole nitrogens is 1. The average Bonchev–Trinajstić information content (AvgIpc) is 3.11. The number of carbonyl (C=O) groups excluding carboxylic acids is 1. The highest BCUT2D eigenvalue weighted by Crippen LogP contribution is 2.22. The van der Waals surface area contributed by atoms with Gasteiger partial charge in [-0.25, -0.2) is 4.98 Å². The summed E-state index contributed by atoms with van der Waals surface area (Å²) in [6, 6.07) is 0. The Balaban J connectivity index is 1.66. The molecular formula is C12H17N7O2S. The van der Waals surface area contributed by atoms with Crippen LogP contribution in [0.5, 0.6) is 0 Å². The van der Waals surface area contributed by atoms with E-state index >= 15 is 0 Å². The molecule has 0 spiro atoms. The Bertz CT molecular complexity index is 629. The van der Waals surface area contributed by atoms with Gasteiger partial charge in [0.25, 0.3) is 5.91 Å². The third-order valence-electron chi connectivity index (χ3n) is 3.45. The van der Waals surface area contributed by atoms with Crippen LogP contribution in [0, 0.1) is 0 Å². The normalized spacial score (nSPS) is 20.0. The quantitative estimate of drug-likeness (QED) is 0.662. The lowest BCUT2D eigenvalue weighted by Crippen LogP contribution is -2.33. The molecule has 4 N–H and O–H groups in total. The summed E-state index contributed by atoms with van der Waals surface area (Å²) in [5.74, 6) is -0.537. The number of nitrogens with one attached hydrogen (secondary N) is 1. The van der Waals surface area contributed by atoms with Crippen molar-refractivity contribution in [3.05, 3.63) is 23.0 Å². The van der Waals surface area contributed by atoms with Crippen molar-refractivity contribution in [2.45, 2.75) is 12.6 Å². The second-order valence-electron chi connectivity index (χ2n) is 5.18. The Morgan fingerprint density at radius 3 is 3.05 bits per heavy atom. The smallest absolute Gasteiger partial charge is 0.268 e. The number of thiazole rings is 1. The van der Waals surface area contributed by atoms with Gasteiger partial charge in [0.1, 0.15) is 5.69 Å². The fraction of sp³-hybridized carbons (Fsp3) is 0.500. The number of anilines is 1. The third-order valence-corrected chi connectivity index (χ3v) is 4.35. The van der Waals surface area contributed by atoms with Crippen molar-refractivity contribution in [2.75, 3.05) is 31.1 Å². The number of hydrogen-bond donors (Lipinski definition) is 3. The number of nitrogens with zero attached hydrogens (tertiary/aromatic N) is 5. The van der Waals surface area contributed by atoms with E-state index in [1.165, 1.54) is 11.3 Å². The van der Waals surface area contributed by atoms with Gasteiger partial charge in [0.2, 0.25) is 0 Å². The molecule has 1 saturated heterocycles. The van der Waals surface area contributed by atoms with Crippen molar-refractivity contribution in [2.24, 2.45) is 5.73 Å². The molecule has 1 amide bonds.